The Morgan fingerprint density at radius 2 is 2.03 bits per heavy atom. The Hall–Kier alpha value is -4.13. The fourth-order valence-electron chi connectivity index (χ4n) is 4.58. The minimum atomic E-state index is -0.428. The predicted molar refractivity (Wildman–Crippen MR) is 127 cm³/mol. The van der Waals surface area contributed by atoms with Gasteiger partial charge in [0.15, 0.2) is 0 Å². The summed E-state index contributed by atoms with van der Waals surface area (Å²) in [6.07, 6.45) is 6.56. The Kier molecular flexibility index (Phi) is 4.26. The number of benzene rings is 2. The van der Waals surface area contributed by atoms with Gasteiger partial charge in [-0.3, -0.25) is 9.89 Å². The van der Waals surface area contributed by atoms with E-state index >= 15 is 0 Å². The molecule has 0 saturated heterocycles. The van der Waals surface area contributed by atoms with Crippen LogP contribution < -0.4 is 10.1 Å². The summed E-state index contributed by atoms with van der Waals surface area (Å²) in [4.78, 5) is 17.3. The van der Waals surface area contributed by atoms with Crippen molar-refractivity contribution in [2.75, 3.05) is 12.4 Å². The Labute approximate surface area is 190 Å². The number of methoxy groups -OCH3 is 1. The molecule has 2 N–H and O–H groups in total. The Morgan fingerprint density at radius 3 is 2.85 bits per heavy atom. The summed E-state index contributed by atoms with van der Waals surface area (Å²) in [7, 11) is 1.63. The zero-order chi connectivity index (χ0) is 22.6. The van der Waals surface area contributed by atoms with Gasteiger partial charge in [-0.2, -0.15) is 5.10 Å². The second-order valence-corrected chi connectivity index (χ2v) is 8.84. The van der Waals surface area contributed by atoms with Gasteiger partial charge in [-0.15, -0.1) is 0 Å². The third-order valence-corrected chi connectivity index (χ3v) is 6.76. The van der Waals surface area contributed by atoms with Gasteiger partial charge in [0, 0.05) is 35.2 Å². The van der Waals surface area contributed by atoms with E-state index in [-0.39, 0.29) is 11.8 Å². The molecule has 0 bridgehead atoms. The molecular formula is C26H23N5O2. The van der Waals surface area contributed by atoms with E-state index in [9.17, 15) is 4.79 Å². The minimum absolute atomic E-state index is 0.0386. The summed E-state index contributed by atoms with van der Waals surface area (Å²) >= 11 is 0. The molecular weight excluding hydrogens is 414 g/mol. The highest BCUT2D eigenvalue weighted by molar-refractivity contribution is 5.99. The molecule has 5 aromatic rings. The largest absolute Gasteiger partial charge is 0.497 e. The molecule has 0 unspecified atom stereocenters. The van der Waals surface area contributed by atoms with Crippen LogP contribution in [0.1, 0.15) is 24.8 Å². The lowest BCUT2D eigenvalue weighted by Crippen LogP contribution is -2.23. The summed E-state index contributed by atoms with van der Waals surface area (Å²) in [6, 6.07) is 17.8. The number of ether oxygens (including phenoxy) is 1. The maximum atomic E-state index is 13.0. The number of anilines is 1. The third kappa shape index (κ3) is 3.24. The van der Waals surface area contributed by atoms with Gasteiger partial charge < -0.3 is 14.5 Å². The van der Waals surface area contributed by atoms with Crippen LogP contribution in [-0.4, -0.2) is 32.6 Å². The number of hydrogen-bond donors (Lipinski definition) is 2. The van der Waals surface area contributed by atoms with Crippen molar-refractivity contribution in [1.29, 1.82) is 0 Å². The fourth-order valence-corrected chi connectivity index (χ4v) is 4.58. The van der Waals surface area contributed by atoms with Gasteiger partial charge >= 0.3 is 0 Å². The van der Waals surface area contributed by atoms with E-state index in [1.807, 2.05) is 60.1 Å². The highest BCUT2D eigenvalue weighted by atomic mass is 16.5. The maximum Gasteiger partial charge on any atom is 0.230 e. The van der Waals surface area contributed by atoms with Gasteiger partial charge in [0.1, 0.15) is 17.1 Å². The molecule has 33 heavy (non-hydrogen) atoms. The van der Waals surface area contributed by atoms with Gasteiger partial charge in [0.05, 0.1) is 18.0 Å². The van der Waals surface area contributed by atoms with Crippen LogP contribution in [0.3, 0.4) is 0 Å². The van der Waals surface area contributed by atoms with Crippen LogP contribution in [0.5, 0.6) is 5.75 Å². The quantitative estimate of drug-likeness (QED) is 0.404. The summed E-state index contributed by atoms with van der Waals surface area (Å²) in [6.45, 7) is 2.03. The summed E-state index contributed by atoms with van der Waals surface area (Å²) in [5.41, 5.74) is 5.30. The number of carbonyl (C=O) groups is 1. The maximum absolute atomic E-state index is 13.0. The molecule has 0 aliphatic heterocycles. The van der Waals surface area contributed by atoms with Crippen molar-refractivity contribution in [2.24, 2.45) is 5.41 Å². The van der Waals surface area contributed by atoms with Crippen LogP contribution in [0.2, 0.25) is 0 Å². The van der Waals surface area contributed by atoms with Crippen molar-refractivity contribution in [3.8, 4) is 17.0 Å². The number of pyridine rings is 1. The average molecular weight is 438 g/mol. The van der Waals surface area contributed by atoms with Gasteiger partial charge in [0.2, 0.25) is 5.91 Å². The van der Waals surface area contributed by atoms with Crippen molar-refractivity contribution < 1.29 is 9.53 Å². The molecule has 2 atom stereocenters. The van der Waals surface area contributed by atoms with Crippen LogP contribution in [0.25, 0.3) is 27.8 Å². The molecule has 1 fully saturated rings. The summed E-state index contributed by atoms with van der Waals surface area (Å²) < 4.78 is 7.17. The average Bonchev–Trinajstić information content (AvgIpc) is 3.16. The van der Waals surface area contributed by atoms with Crippen LogP contribution in [0.4, 0.5) is 5.69 Å². The lowest BCUT2D eigenvalue weighted by Gasteiger charge is -2.13. The van der Waals surface area contributed by atoms with Gasteiger partial charge in [-0.25, -0.2) is 4.98 Å². The molecule has 1 saturated carbocycles. The number of nitrogens with zero attached hydrogens (tertiary/aromatic N) is 3. The molecule has 3 heterocycles. The second-order valence-electron chi connectivity index (χ2n) is 8.84. The van der Waals surface area contributed by atoms with Crippen LogP contribution in [0.15, 0.2) is 73.2 Å². The van der Waals surface area contributed by atoms with Crippen LogP contribution >= 0.6 is 0 Å². The Morgan fingerprint density at radius 1 is 1.18 bits per heavy atom. The molecule has 1 amide bonds. The van der Waals surface area contributed by atoms with E-state index in [0.29, 0.717) is 0 Å². The van der Waals surface area contributed by atoms with Gasteiger partial charge in [-0.05, 0) is 60.4 Å². The molecule has 3 aromatic heterocycles. The van der Waals surface area contributed by atoms with Crippen molar-refractivity contribution in [2.45, 2.75) is 19.3 Å². The predicted octanol–water partition coefficient (Wildman–Crippen LogP) is 5.02. The van der Waals surface area contributed by atoms with Crippen molar-refractivity contribution in [3.05, 3.63) is 78.8 Å². The zero-order valence-corrected chi connectivity index (χ0v) is 18.4. The number of carbonyl (C=O) groups excluding carboxylic acids is 1. The first kappa shape index (κ1) is 19.5. The van der Waals surface area contributed by atoms with Crippen molar-refractivity contribution >= 4 is 28.1 Å². The zero-order valence-electron chi connectivity index (χ0n) is 18.4. The van der Waals surface area contributed by atoms with Crippen molar-refractivity contribution in [1.82, 2.24) is 19.6 Å². The third-order valence-electron chi connectivity index (χ3n) is 6.76. The minimum Gasteiger partial charge on any atom is -0.497 e. The molecule has 0 radical (unpaired) electrons. The van der Waals surface area contributed by atoms with Crippen LogP contribution in [-0.2, 0) is 4.79 Å². The fraction of sp³-hybridized carbons (Fsp3) is 0.192. The Bertz CT molecular complexity index is 1500. The van der Waals surface area contributed by atoms with E-state index in [2.05, 4.69) is 38.7 Å². The number of hydrogen-bond acceptors (Lipinski definition) is 4. The molecule has 0 spiro atoms. The number of rotatable bonds is 5. The first-order chi connectivity index (χ1) is 16.0. The SMILES string of the molecule is COc1ccc(NC(=O)[C@]2(C)C[C@H]2c2ccc3c(-c4ccc5nccn5c4)n[nH]c3c2)cc1. The lowest BCUT2D eigenvalue weighted by atomic mass is 9.98. The topological polar surface area (TPSA) is 84.3 Å². The van der Waals surface area contributed by atoms with E-state index in [1.54, 1.807) is 13.3 Å². The summed E-state index contributed by atoms with van der Waals surface area (Å²) in [5, 5.41) is 11.8. The van der Waals surface area contributed by atoms with E-state index in [0.717, 1.165) is 51.2 Å². The smallest absolute Gasteiger partial charge is 0.230 e. The highest BCUT2D eigenvalue weighted by Gasteiger charge is 2.56. The van der Waals surface area contributed by atoms with Crippen LogP contribution in [0, 0.1) is 5.41 Å². The monoisotopic (exact) mass is 437 g/mol. The van der Waals surface area contributed by atoms with Crippen molar-refractivity contribution in [3.63, 3.8) is 0 Å². The molecule has 2 aromatic carbocycles. The number of H-pyrrole nitrogens is 1. The number of nitrogens with one attached hydrogen (secondary N) is 2. The number of imidazole rings is 1. The standard InChI is InChI=1S/C26H23N5O2/c1-26(25(32)28-18-5-7-19(33-2)8-6-18)14-21(26)16-3-9-20-22(13-16)29-30-24(20)17-4-10-23-27-11-12-31(23)15-17/h3-13,15,21H,14H2,1-2H3,(H,28,32)(H,29,30)/t21-,26+/m0/s1. The lowest BCUT2D eigenvalue weighted by molar-refractivity contribution is -0.120. The highest BCUT2D eigenvalue weighted by Crippen LogP contribution is 2.59. The molecule has 164 valence electrons. The molecule has 7 heteroatoms. The summed E-state index contributed by atoms with van der Waals surface area (Å²) in [5.74, 6) is 0.978. The normalized spacial score (nSPS) is 19.6. The second kappa shape index (κ2) is 7.20. The molecule has 1 aliphatic rings. The Balaban J connectivity index is 1.24. The van der Waals surface area contributed by atoms with E-state index in [1.165, 1.54) is 0 Å². The number of fused-ring (bicyclic) bond motifs is 2. The van der Waals surface area contributed by atoms with E-state index < -0.39 is 5.41 Å². The molecule has 6 rings (SSSR count). The molecule has 1 aliphatic carbocycles. The first-order valence-electron chi connectivity index (χ1n) is 10.9. The number of amides is 1. The number of aromatic amines is 1. The number of aromatic nitrogens is 4. The molecule has 7 nitrogen and oxygen atoms in total. The van der Waals surface area contributed by atoms with Gasteiger partial charge in [0.25, 0.3) is 0 Å². The first-order valence-corrected chi connectivity index (χ1v) is 10.9. The van der Waals surface area contributed by atoms with E-state index in [4.69, 9.17) is 4.74 Å². The van der Waals surface area contributed by atoms with Gasteiger partial charge in [-0.1, -0.05) is 19.1 Å².